The molecule has 0 aromatic heterocycles. The molecule has 20 heavy (non-hydrogen) atoms. The number of methoxy groups -OCH3 is 1. The van der Waals surface area contributed by atoms with Gasteiger partial charge in [-0.2, -0.15) is 13.2 Å². The highest BCUT2D eigenvalue weighted by atomic mass is 32.2. The number of thioether (sulfide) groups is 1. The lowest BCUT2D eigenvalue weighted by Crippen LogP contribution is -2.12. The summed E-state index contributed by atoms with van der Waals surface area (Å²) < 4.78 is 46.5. The highest BCUT2D eigenvalue weighted by Crippen LogP contribution is 2.31. The lowest BCUT2D eigenvalue weighted by molar-refractivity contribution is -0.0329. The minimum Gasteiger partial charge on any atom is -0.493 e. The third kappa shape index (κ3) is 6.38. The highest BCUT2D eigenvalue weighted by molar-refractivity contribution is 8.00. The second-order valence-corrected chi connectivity index (χ2v) is 5.07. The molecule has 0 aliphatic carbocycles. The van der Waals surface area contributed by atoms with Gasteiger partial charge in [0.2, 0.25) is 0 Å². The Kier molecular flexibility index (Phi) is 7.01. The Bertz CT molecular complexity index is 413. The Morgan fingerprint density at radius 3 is 2.60 bits per heavy atom. The van der Waals surface area contributed by atoms with Gasteiger partial charge >= 0.3 is 5.51 Å². The second kappa shape index (κ2) is 8.26. The number of rotatable bonds is 8. The van der Waals surface area contributed by atoms with Crippen LogP contribution in [-0.2, 0) is 6.54 Å². The van der Waals surface area contributed by atoms with Gasteiger partial charge in [-0.25, -0.2) is 0 Å². The van der Waals surface area contributed by atoms with Crippen molar-refractivity contribution in [2.45, 2.75) is 19.0 Å². The maximum atomic E-state index is 12.0. The number of benzene rings is 1. The smallest absolute Gasteiger partial charge is 0.441 e. The molecular weight excluding hydrogens is 291 g/mol. The molecule has 114 valence electrons. The zero-order valence-electron chi connectivity index (χ0n) is 11.4. The van der Waals surface area contributed by atoms with E-state index in [0.29, 0.717) is 18.0 Å². The van der Waals surface area contributed by atoms with Crippen molar-refractivity contribution in [3.63, 3.8) is 0 Å². The molecule has 1 N–H and O–H groups in total. The molecule has 0 aliphatic heterocycles. The predicted molar refractivity (Wildman–Crippen MR) is 74.4 cm³/mol. The fraction of sp³-hybridized carbons (Fsp3) is 0.538. The first-order valence-electron chi connectivity index (χ1n) is 6.17. The van der Waals surface area contributed by atoms with E-state index in [1.165, 1.54) is 7.11 Å². The first-order chi connectivity index (χ1) is 9.46. The normalized spacial score (nSPS) is 11.4. The van der Waals surface area contributed by atoms with Gasteiger partial charge in [-0.1, -0.05) is 13.0 Å². The topological polar surface area (TPSA) is 30.5 Å². The number of hydrogen-bond acceptors (Lipinski definition) is 4. The fourth-order valence-electron chi connectivity index (χ4n) is 1.52. The average Bonchev–Trinajstić information content (AvgIpc) is 2.40. The number of halogens is 3. The SMILES string of the molecule is CCNCc1ccc(OC)c(OCCSC(F)(F)F)c1. The van der Waals surface area contributed by atoms with Crippen molar-refractivity contribution in [2.75, 3.05) is 26.0 Å². The summed E-state index contributed by atoms with van der Waals surface area (Å²) >= 11 is -0.0938. The first kappa shape index (κ1) is 17.0. The zero-order chi connectivity index (χ0) is 15.0. The minimum absolute atomic E-state index is 0.0226. The van der Waals surface area contributed by atoms with Gasteiger partial charge in [-0.05, 0) is 36.0 Å². The molecule has 0 heterocycles. The van der Waals surface area contributed by atoms with Gasteiger partial charge in [0.15, 0.2) is 11.5 Å². The minimum atomic E-state index is -4.22. The lowest BCUT2D eigenvalue weighted by atomic mass is 10.2. The Labute approximate surface area is 120 Å². The standard InChI is InChI=1S/C13H18F3NO2S/c1-3-17-9-10-4-5-11(18-2)12(8-10)19-6-7-20-13(14,15)16/h4-5,8,17H,3,6-7,9H2,1-2H3. The van der Waals surface area contributed by atoms with E-state index in [-0.39, 0.29) is 24.1 Å². The predicted octanol–water partition coefficient (Wildman–Crippen LogP) is 3.44. The van der Waals surface area contributed by atoms with Crippen molar-refractivity contribution in [3.05, 3.63) is 23.8 Å². The molecule has 0 atom stereocenters. The van der Waals surface area contributed by atoms with Crippen LogP contribution in [0, 0.1) is 0 Å². The Balaban J connectivity index is 2.57. The van der Waals surface area contributed by atoms with Crippen molar-refractivity contribution >= 4 is 11.8 Å². The van der Waals surface area contributed by atoms with Crippen LogP contribution in [0.25, 0.3) is 0 Å². The molecule has 0 saturated heterocycles. The lowest BCUT2D eigenvalue weighted by Gasteiger charge is -2.13. The summed E-state index contributed by atoms with van der Waals surface area (Å²) in [5.74, 6) is 0.831. The molecule has 1 aromatic carbocycles. The van der Waals surface area contributed by atoms with Gasteiger partial charge in [0, 0.05) is 12.3 Å². The first-order valence-corrected chi connectivity index (χ1v) is 7.16. The van der Waals surface area contributed by atoms with Crippen LogP contribution in [0.15, 0.2) is 18.2 Å². The largest absolute Gasteiger partial charge is 0.493 e. The molecule has 3 nitrogen and oxygen atoms in total. The Morgan fingerprint density at radius 2 is 2.00 bits per heavy atom. The third-order valence-corrected chi connectivity index (χ3v) is 3.11. The molecule has 1 rings (SSSR count). The van der Waals surface area contributed by atoms with Crippen LogP contribution in [-0.4, -0.2) is 31.5 Å². The number of alkyl halides is 3. The summed E-state index contributed by atoms with van der Waals surface area (Å²) in [5.41, 5.74) is -3.23. The maximum Gasteiger partial charge on any atom is 0.441 e. The number of hydrogen-bond donors (Lipinski definition) is 1. The van der Waals surface area contributed by atoms with E-state index < -0.39 is 5.51 Å². The van der Waals surface area contributed by atoms with Gasteiger partial charge in [0.25, 0.3) is 0 Å². The summed E-state index contributed by atoms with van der Waals surface area (Å²) in [7, 11) is 1.50. The van der Waals surface area contributed by atoms with E-state index in [9.17, 15) is 13.2 Å². The molecular formula is C13H18F3NO2S. The molecule has 0 spiro atoms. The Morgan fingerprint density at radius 1 is 1.25 bits per heavy atom. The molecule has 0 aliphatic rings. The average molecular weight is 309 g/mol. The number of nitrogens with one attached hydrogen (secondary N) is 1. The molecule has 0 unspecified atom stereocenters. The summed E-state index contributed by atoms with van der Waals surface area (Å²) in [6.07, 6.45) is 0. The Hall–Kier alpha value is -1.08. The fourth-order valence-corrected chi connectivity index (χ4v) is 1.92. The van der Waals surface area contributed by atoms with E-state index in [0.717, 1.165) is 12.1 Å². The monoisotopic (exact) mass is 309 g/mol. The molecule has 0 fully saturated rings. The van der Waals surface area contributed by atoms with Crippen molar-refractivity contribution in [2.24, 2.45) is 0 Å². The summed E-state index contributed by atoms with van der Waals surface area (Å²) in [6.45, 7) is 3.49. The molecule has 0 bridgehead atoms. The summed E-state index contributed by atoms with van der Waals surface area (Å²) in [4.78, 5) is 0. The van der Waals surface area contributed by atoms with Crippen molar-refractivity contribution in [1.82, 2.24) is 5.32 Å². The van der Waals surface area contributed by atoms with Crippen LogP contribution in [0.4, 0.5) is 13.2 Å². The molecule has 0 amide bonds. The van der Waals surface area contributed by atoms with Crippen LogP contribution in [0.1, 0.15) is 12.5 Å². The van der Waals surface area contributed by atoms with E-state index in [2.05, 4.69) is 5.32 Å². The van der Waals surface area contributed by atoms with E-state index in [1.807, 2.05) is 13.0 Å². The van der Waals surface area contributed by atoms with Crippen LogP contribution in [0.3, 0.4) is 0 Å². The number of ether oxygens (including phenoxy) is 2. The van der Waals surface area contributed by atoms with Gasteiger partial charge in [-0.15, -0.1) is 0 Å². The van der Waals surface area contributed by atoms with Crippen LogP contribution < -0.4 is 14.8 Å². The van der Waals surface area contributed by atoms with Crippen LogP contribution >= 0.6 is 11.8 Å². The van der Waals surface area contributed by atoms with Gasteiger partial charge in [0.05, 0.1) is 13.7 Å². The van der Waals surface area contributed by atoms with Crippen molar-refractivity contribution < 1.29 is 22.6 Å². The second-order valence-electron chi connectivity index (χ2n) is 3.91. The van der Waals surface area contributed by atoms with E-state index in [4.69, 9.17) is 9.47 Å². The van der Waals surface area contributed by atoms with Crippen LogP contribution in [0.2, 0.25) is 0 Å². The van der Waals surface area contributed by atoms with Gasteiger partial charge in [0.1, 0.15) is 0 Å². The third-order valence-electron chi connectivity index (χ3n) is 2.41. The van der Waals surface area contributed by atoms with Crippen LogP contribution in [0.5, 0.6) is 11.5 Å². The maximum absolute atomic E-state index is 12.0. The van der Waals surface area contributed by atoms with Crippen molar-refractivity contribution in [3.8, 4) is 11.5 Å². The quantitative estimate of drug-likeness (QED) is 0.745. The molecule has 7 heteroatoms. The summed E-state index contributed by atoms with van der Waals surface area (Å²) in [5, 5.41) is 3.17. The van der Waals surface area contributed by atoms with E-state index >= 15 is 0 Å². The van der Waals surface area contributed by atoms with Crippen molar-refractivity contribution in [1.29, 1.82) is 0 Å². The molecule has 1 aromatic rings. The van der Waals surface area contributed by atoms with Gasteiger partial charge < -0.3 is 14.8 Å². The zero-order valence-corrected chi connectivity index (χ0v) is 12.2. The molecule has 0 saturated carbocycles. The summed E-state index contributed by atoms with van der Waals surface area (Å²) in [6, 6.07) is 5.41. The molecule has 0 radical (unpaired) electrons. The highest BCUT2D eigenvalue weighted by Gasteiger charge is 2.27. The van der Waals surface area contributed by atoms with Gasteiger partial charge in [-0.3, -0.25) is 0 Å². The van der Waals surface area contributed by atoms with E-state index in [1.54, 1.807) is 12.1 Å².